The molecule has 1 aromatic heterocycles. The molecular weight excluding hydrogens is 348 g/mol. The number of carbonyl (C=O) groups excluding carboxylic acids is 1. The van der Waals surface area contributed by atoms with Gasteiger partial charge in [-0.1, -0.05) is 23.7 Å². The molecule has 5 nitrogen and oxygen atoms in total. The maximum absolute atomic E-state index is 12.5. The van der Waals surface area contributed by atoms with Crippen molar-refractivity contribution in [3.05, 3.63) is 76.1 Å². The lowest BCUT2D eigenvalue weighted by Crippen LogP contribution is -2.15. The number of aryl methyl sites for hydroxylation is 3. The van der Waals surface area contributed by atoms with E-state index < -0.39 is 0 Å². The van der Waals surface area contributed by atoms with Crippen LogP contribution in [0.5, 0.6) is 0 Å². The molecule has 0 atom stereocenters. The lowest BCUT2D eigenvalue weighted by Gasteiger charge is -2.10. The third kappa shape index (κ3) is 4.18. The first kappa shape index (κ1) is 17.9. The number of amides is 1. The molecule has 3 rings (SSSR count). The summed E-state index contributed by atoms with van der Waals surface area (Å²) in [5.74, 6) is 0.0459. The van der Waals surface area contributed by atoms with Gasteiger partial charge in [0, 0.05) is 22.6 Å². The van der Waals surface area contributed by atoms with Gasteiger partial charge < -0.3 is 10.6 Å². The molecule has 2 aromatic carbocycles. The van der Waals surface area contributed by atoms with E-state index in [1.807, 2.05) is 38.1 Å². The molecule has 0 spiro atoms. The van der Waals surface area contributed by atoms with E-state index in [0.29, 0.717) is 16.7 Å². The van der Waals surface area contributed by atoms with Crippen molar-refractivity contribution < 1.29 is 4.79 Å². The molecule has 0 aliphatic carbocycles. The van der Waals surface area contributed by atoms with Crippen LogP contribution in [-0.2, 0) is 0 Å². The second-order valence-corrected chi connectivity index (χ2v) is 6.54. The Labute approximate surface area is 157 Å². The quantitative estimate of drug-likeness (QED) is 0.678. The van der Waals surface area contributed by atoms with Crippen LogP contribution in [0.4, 0.5) is 17.3 Å². The highest BCUT2D eigenvalue weighted by Gasteiger charge is 2.11. The fourth-order valence-electron chi connectivity index (χ4n) is 2.41. The van der Waals surface area contributed by atoms with Crippen LogP contribution in [0, 0.1) is 20.8 Å². The largest absolute Gasteiger partial charge is 0.324 e. The van der Waals surface area contributed by atoms with Crippen LogP contribution in [0.1, 0.15) is 27.2 Å². The number of nitrogens with zero attached hydrogens (tertiary/aromatic N) is 2. The standard InChI is InChI=1S/C20H19ClN4O/c1-12-5-7-16(10-14(12)3)23-20-22-9-8-17(25-20)19(26)24-18-11-15(21)6-4-13(18)2/h4-11H,1-3H3,(H,24,26)(H,22,23,25). The van der Waals surface area contributed by atoms with Gasteiger partial charge >= 0.3 is 0 Å². The number of anilines is 3. The third-order valence-electron chi connectivity index (χ3n) is 4.10. The number of hydrogen-bond donors (Lipinski definition) is 2. The number of halogens is 1. The Bertz CT molecular complexity index is 972. The highest BCUT2D eigenvalue weighted by molar-refractivity contribution is 6.31. The average Bonchev–Trinajstić information content (AvgIpc) is 2.61. The Balaban J connectivity index is 1.78. The molecule has 0 fully saturated rings. The summed E-state index contributed by atoms with van der Waals surface area (Å²) < 4.78 is 0. The molecule has 0 saturated carbocycles. The zero-order chi connectivity index (χ0) is 18.7. The van der Waals surface area contributed by atoms with Gasteiger partial charge in [-0.2, -0.15) is 0 Å². The third-order valence-corrected chi connectivity index (χ3v) is 4.33. The molecule has 1 amide bonds. The number of nitrogens with one attached hydrogen (secondary N) is 2. The predicted octanol–water partition coefficient (Wildman–Crippen LogP) is 5.05. The predicted molar refractivity (Wildman–Crippen MR) is 105 cm³/mol. The summed E-state index contributed by atoms with van der Waals surface area (Å²) in [6.07, 6.45) is 1.55. The van der Waals surface area contributed by atoms with Crippen molar-refractivity contribution in [3.8, 4) is 0 Å². The maximum Gasteiger partial charge on any atom is 0.274 e. The molecule has 0 aliphatic rings. The average molecular weight is 367 g/mol. The van der Waals surface area contributed by atoms with Gasteiger partial charge in [-0.25, -0.2) is 9.97 Å². The molecular formula is C20H19ClN4O. The van der Waals surface area contributed by atoms with Crippen molar-refractivity contribution in [2.24, 2.45) is 0 Å². The van der Waals surface area contributed by atoms with Crippen molar-refractivity contribution in [1.82, 2.24) is 9.97 Å². The van der Waals surface area contributed by atoms with Gasteiger partial charge in [-0.3, -0.25) is 4.79 Å². The number of hydrogen-bond acceptors (Lipinski definition) is 4. The van der Waals surface area contributed by atoms with Crippen molar-refractivity contribution in [2.45, 2.75) is 20.8 Å². The van der Waals surface area contributed by atoms with E-state index in [1.54, 1.807) is 24.4 Å². The molecule has 6 heteroatoms. The Morgan fingerprint density at radius 1 is 0.962 bits per heavy atom. The highest BCUT2D eigenvalue weighted by Crippen LogP contribution is 2.21. The van der Waals surface area contributed by atoms with Crippen LogP contribution < -0.4 is 10.6 Å². The number of aromatic nitrogens is 2. The van der Waals surface area contributed by atoms with Crippen molar-refractivity contribution >= 4 is 34.8 Å². The summed E-state index contributed by atoms with van der Waals surface area (Å²) >= 11 is 6.00. The molecule has 0 unspecified atom stereocenters. The zero-order valence-electron chi connectivity index (χ0n) is 14.8. The summed E-state index contributed by atoms with van der Waals surface area (Å²) in [6, 6.07) is 12.9. The fraction of sp³-hybridized carbons (Fsp3) is 0.150. The van der Waals surface area contributed by atoms with E-state index in [0.717, 1.165) is 11.3 Å². The van der Waals surface area contributed by atoms with Crippen LogP contribution >= 0.6 is 11.6 Å². The number of rotatable bonds is 4. The van der Waals surface area contributed by atoms with E-state index in [2.05, 4.69) is 27.5 Å². The summed E-state index contributed by atoms with van der Waals surface area (Å²) in [7, 11) is 0. The van der Waals surface area contributed by atoms with E-state index in [1.165, 1.54) is 11.1 Å². The van der Waals surface area contributed by atoms with Crippen LogP contribution in [0.25, 0.3) is 0 Å². The Morgan fingerprint density at radius 2 is 1.73 bits per heavy atom. The van der Waals surface area contributed by atoms with E-state index >= 15 is 0 Å². The van der Waals surface area contributed by atoms with Crippen molar-refractivity contribution in [2.75, 3.05) is 10.6 Å². The molecule has 1 heterocycles. The van der Waals surface area contributed by atoms with Crippen LogP contribution in [-0.4, -0.2) is 15.9 Å². The molecule has 0 bridgehead atoms. The summed E-state index contributed by atoms with van der Waals surface area (Å²) in [5, 5.41) is 6.52. The molecule has 0 aliphatic heterocycles. The maximum atomic E-state index is 12.5. The summed E-state index contributed by atoms with van der Waals surface area (Å²) in [4.78, 5) is 21.0. The second-order valence-electron chi connectivity index (χ2n) is 6.10. The van der Waals surface area contributed by atoms with E-state index in [9.17, 15) is 4.79 Å². The first-order chi connectivity index (χ1) is 12.4. The Kier molecular flexibility index (Phi) is 5.19. The second kappa shape index (κ2) is 7.54. The van der Waals surface area contributed by atoms with Crippen molar-refractivity contribution in [1.29, 1.82) is 0 Å². The number of benzene rings is 2. The minimum absolute atomic E-state index is 0.269. The van der Waals surface area contributed by atoms with Gasteiger partial charge in [0.1, 0.15) is 5.69 Å². The molecule has 0 radical (unpaired) electrons. The van der Waals surface area contributed by atoms with E-state index in [4.69, 9.17) is 11.6 Å². The summed E-state index contributed by atoms with van der Waals surface area (Å²) in [5.41, 5.74) is 5.10. The van der Waals surface area contributed by atoms with Gasteiger partial charge in [0.15, 0.2) is 0 Å². The molecule has 26 heavy (non-hydrogen) atoms. The number of carbonyl (C=O) groups is 1. The smallest absolute Gasteiger partial charge is 0.274 e. The van der Waals surface area contributed by atoms with Crippen LogP contribution in [0.15, 0.2) is 48.7 Å². The molecule has 132 valence electrons. The SMILES string of the molecule is Cc1ccc(Nc2nccc(C(=O)Nc3cc(Cl)ccc3C)n2)cc1C. The first-order valence-corrected chi connectivity index (χ1v) is 8.55. The normalized spacial score (nSPS) is 10.5. The minimum atomic E-state index is -0.319. The fourth-order valence-corrected chi connectivity index (χ4v) is 2.58. The highest BCUT2D eigenvalue weighted by atomic mass is 35.5. The lowest BCUT2D eigenvalue weighted by atomic mass is 10.1. The lowest BCUT2D eigenvalue weighted by molar-refractivity contribution is 0.102. The van der Waals surface area contributed by atoms with Crippen LogP contribution in [0.3, 0.4) is 0 Å². The van der Waals surface area contributed by atoms with Crippen LogP contribution in [0.2, 0.25) is 5.02 Å². The Hall–Kier alpha value is -2.92. The van der Waals surface area contributed by atoms with E-state index in [-0.39, 0.29) is 11.6 Å². The minimum Gasteiger partial charge on any atom is -0.324 e. The van der Waals surface area contributed by atoms with Gasteiger partial charge in [0.05, 0.1) is 0 Å². The molecule has 0 saturated heterocycles. The first-order valence-electron chi connectivity index (χ1n) is 8.17. The molecule has 2 N–H and O–H groups in total. The van der Waals surface area contributed by atoms with Gasteiger partial charge in [-0.15, -0.1) is 0 Å². The topological polar surface area (TPSA) is 66.9 Å². The van der Waals surface area contributed by atoms with Crippen molar-refractivity contribution in [3.63, 3.8) is 0 Å². The van der Waals surface area contributed by atoms with Gasteiger partial charge in [0.2, 0.25) is 5.95 Å². The zero-order valence-corrected chi connectivity index (χ0v) is 15.6. The van der Waals surface area contributed by atoms with Gasteiger partial charge in [0.25, 0.3) is 5.91 Å². The monoisotopic (exact) mass is 366 g/mol. The van der Waals surface area contributed by atoms with Gasteiger partial charge in [-0.05, 0) is 67.8 Å². The molecule has 3 aromatic rings. The Morgan fingerprint density at radius 3 is 2.50 bits per heavy atom. The summed E-state index contributed by atoms with van der Waals surface area (Å²) in [6.45, 7) is 6.00.